The lowest BCUT2D eigenvalue weighted by molar-refractivity contribution is -0.885. The Hall–Kier alpha value is -2.20. The second-order valence-electron chi connectivity index (χ2n) is 6.93. The van der Waals surface area contributed by atoms with Gasteiger partial charge in [0.25, 0.3) is 5.91 Å². The molecule has 0 heterocycles. The lowest BCUT2D eigenvalue weighted by Gasteiger charge is -2.14. The SMILES string of the molecule is CC(C)c1ccc(CCNC(=O)C[NH+](C)Cc2ccc(F)cc2)cc1. The van der Waals surface area contributed by atoms with Crippen LogP contribution in [0.2, 0.25) is 0 Å². The number of likely N-dealkylation sites (N-methyl/N-ethyl adjacent to an activating group) is 1. The van der Waals surface area contributed by atoms with Gasteiger partial charge in [-0.1, -0.05) is 50.2 Å². The Morgan fingerprint density at radius 3 is 2.24 bits per heavy atom. The molecule has 3 nitrogen and oxygen atoms in total. The Bertz CT molecular complexity index is 665. The summed E-state index contributed by atoms with van der Waals surface area (Å²) in [5.74, 6) is 0.340. The molecule has 0 radical (unpaired) electrons. The number of benzene rings is 2. The minimum absolute atomic E-state index is 0.0402. The van der Waals surface area contributed by atoms with Gasteiger partial charge in [0.1, 0.15) is 12.4 Å². The summed E-state index contributed by atoms with van der Waals surface area (Å²) >= 11 is 0. The van der Waals surface area contributed by atoms with Gasteiger partial charge in [0.2, 0.25) is 0 Å². The maximum Gasteiger partial charge on any atom is 0.275 e. The summed E-state index contributed by atoms with van der Waals surface area (Å²) in [7, 11) is 1.97. The zero-order chi connectivity index (χ0) is 18.2. The Labute approximate surface area is 149 Å². The quantitative estimate of drug-likeness (QED) is 0.758. The maximum absolute atomic E-state index is 12.9. The Morgan fingerprint density at radius 1 is 1.04 bits per heavy atom. The topological polar surface area (TPSA) is 33.5 Å². The highest BCUT2D eigenvalue weighted by atomic mass is 19.1. The third-order valence-electron chi connectivity index (χ3n) is 4.26. The molecule has 0 aliphatic rings. The normalized spacial score (nSPS) is 12.2. The summed E-state index contributed by atoms with van der Waals surface area (Å²) in [5.41, 5.74) is 3.59. The summed E-state index contributed by atoms with van der Waals surface area (Å²) in [6, 6.07) is 15.0. The number of nitrogens with one attached hydrogen (secondary N) is 2. The average Bonchev–Trinajstić information content (AvgIpc) is 2.57. The number of hydrogen-bond donors (Lipinski definition) is 2. The van der Waals surface area contributed by atoms with Gasteiger partial charge in [-0.3, -0.25) is 4.79 Å². The third-order valence-corrected chi connectivity index (χ3v) is 4.26. The second-order valence-corrected chi connectivity index (χ2v) is 6.93. The summed E-state index contributed by atoms with van der Waals surface area (Å²) in [6.07, 6.45) is 0.834. The molecular formula is C21H28FN2O+. The molecule has 2 aromatic carbocycles. The van der Waals surface area contributed by atoms with Crippen LogP contribution in [-0.2, 0) is 17.8 Å². The Balaban J connectivity index is 1.70. The van der Waals surface area contributed by atoms with Crippen molar-refractivity contribution >= 4 is 5.91 Å². The van der Waals surface area contributed by atoms with Crippen LogP contribution in [0.15, 0.2) is 48.5 Å². The fourth-order valence-corrected chi connectivity index (χ4v) is 2.77. The maximum atomic E-state index is 12.9. The van der Waals surface area contributed by atoms with Gasteiger partial charge in [-0.25, -0.2) is 4.39 Å². The van der Waals surface area contributed by atoms with E-state index in [9.17, 15) is 9.18 Å². The first-order valence-electron chi connectivity index (χ1n) is 8.85. The largest absolute Gasteiger partial charge is 0.351 e. The van der Waals surface area contributed by atoms with Crippen LogP contribution < -0.4 is 10.2 Å². The van der Waals surface area contributed by atoms with Crippen molar-refractivity contribution in [2.24, 2.45) is 0 Å². The van der Waals surface area contributed by atoms with Crippen LogP contribution >= 0.6 is 0 Å². The molecule has 4 heteroatoms. The van der Waals surface area contributed by atoms with E-state index >= 15 is 0 Å². The lowest BCUT2D eigenvalue weighted by Crippen LogP contribution is -3.08. The van der Waals surface area contributed by atoms with Crippen molar-refractivity contribution in [1.82, 2.24) is 5.32 Å². The third kappa shape index (κ3) is 6.67. The first kappa shape index (κ1) is 19.1. The molecule has 0 aliphatic heterocycles. The monoisotopic (exact) mass is 343 g/mol. The first-order chi connectivity index (χ1) is 11.9. The molecule has 1 amide bonds. The lowest BCUT2D eigenvalue weighted by atomic mass is 10.0. The molecule has 0 aliphatic carbocycles. The molecule has 2 rings (SSSR count). The minimum Gasteiger partial charge on any atom is -0.351 e. The van der Waals surface area contributed by atoms with E-state index in [-0.39, 0.29) is 11.7 Å². The summed E-state index contributed by atoms with van der Waals surface area (Å²) in [6.45, 7) is 6.11. The van der Waals surface area contributed by atoms with E-state index in [0.717, 1.165) is 16.9 Å². The number of quaternary nitrogens is 1. The molecule has 25 heavy (non-hydrogen) atoms. The van der Waals surface area contributed by atoms with Gasteiger partial charge in [0, 0.05) is 12.1 Å². The van der Waals surface area contributed by atoms with Gasteiger partial charge >= 0.3 is 0 Å². The fourth-order valence-electron chi connectivity index (χ4n) is 2.77. The highest BCUT2D eigenvalue weighted by molar-refractivity contribution is 5.76. The summed E-state index contributed by atoms with van der Waals surface area (Å²) in [4.78, 5) is 13.1. The zero-order valence-corrected chi connectivity index (χ0v) is 15.3. The van der Waals surface area contributed by atoms with E-state index in [0.29, 0.717) is 25.6 Å². The number of halogens is 1. The highest BCUT2D eigenvalue weighted by Gasteiger charge is 2.10. The van der Waals surface area contributed by atoms with Gasteiger partial charge in [-0.15, -0.1) is 0 Å². The van der Waals surface area contributed by atoms with Crippen LogP contribution in [0.4, 0.5) is 4.39 Å². The van der Waals surface area contributed by atoms with Crippen LogP contribution in [0.5, 0.6) is 0 Å². The van der Waals surface area contributed by atoms with Gasteiger partial charge < -0.3 is 10.2 Å². The molecule has 2 N–H and O–H groups in total. The molecule has 0 saturated heterocycles. The summed E-state index contributed by atoms with van der Waals surface area (Å²) < 4.78 is 12.9. The van der Waals surface area contributed by atoms with Crippen molar-refractivity contribution in [2.75, 3.05) is 20.1 Å². The van der Waals surface area contributed by atoms with Gasteiger partial charge in [-0.05, 0) is 35.6 Å². The zero-order valence-electron chi connectivity index (χ0n) is 15.3. The van der Waals surface area contributed by atoms with E-state index in [1.54, 1.807) is 12.1 Å². The van der Waals surface area contributed by atoms with Crippen LogP contribution in [0.1, 0.15) is 36.5 Å². The molecule has 0 aromatic heterocycles. The second kappa shape index (κ2) is 9.33. The molecule has 0 spiro atoms. The minimum atomic E-state index is -0.236. The van der Waals surface area contributed by atoms with Crippen LogP contribution in [0.25, 0.3) is 0 Å². The van der Waals surface area contributed by atoms with E-state index < -0.39 is 0 Å². The summed E-state index contributed by atoms with van der Waals surface area (Å²) in [5, 5.41) is 2.97. The fraction of sp³-hybridized carbons (Fsp3) is 0.381. The van der Waals surface area contributed by atoms with Crippen molar-refractivity contribution in [3.8, 4) is 0 Å². The molecule has 2 aromatic rings. The van der Waals surface area contributed by atoms with Gasteiger partial charge in [0.15, 0.2) is 6.54 Å². The molecule has 1 unspecified atom stereocenters. The van der Waals surface area contributed by atoms with Crippen molar-refractivity contribution in [3.63, 3.8) is 0 Å². The Kier molecular flexibility index (Phi) is 7.14. The van der Waals surface area contributed by atoms with E-state index in [4.69, 9.17) is 0 Å². The highest BCUT2D eigenvalue weighted by Crippen LogP contribution is 2.14. The smallest absolute Gasteiger partial charge is 0.275 e. The van der Waals surface area contributed by atoms with Crippen LogP contribution in [-0.4, -0.2) is 26.0 Å². The van der Waals surface area contributed by atoms with Crippen LogP contribution in [0.3, 0.4) is 0 Å². The van der Waals surface area contributed by atoms with Crippen molar-refractivity contribution in [1.29, 1.82) is 0 Å². The molecular weight excluding hydrogens is 315 g/mol. The van der Waals surface area contributed by atoms with E-state index in [2.05, 4.69) is 43.4 Å². The molecule has 0 saturated carbocycles. The van der Waals surface area contributed by atoms with E-state index in [1.807, 2.05) is 7.05 Å². The predicted octanol–water partition coefficient (Wildman–Crippen LogP) is 2.32. The molecule has 0 fully saturated rings. The number of carbonyl (C=O) groups is 1. The van der Waals surface area contributed by atoms with Crippen molar-refractivity contribution in [2.45, 2.75) is 32.7 Å². The standard InChI is InChI=1S/C21H27FN2O/c1-16(2)19-8-4-17(5-9-19)12-13-23-21(25)15-24(3)14-18-6-10-20(22)11-7-18/h4-11,16H,12-15H2,1-3H3,(H,23,25)/p+1. The number of rotatable bonds is 8. The Morgan fingerprint density at radius 2 is 1.64 bits per heavy atom. The molecule has 0 bridgehead atoms. The molecule has 1 atom stereocenters. The molecule has 134 valence electrons. The number of carbonyl (C=O) groups excluding carboxylic acids is 1. The van der Waals surface area contributed by atoms with Crippen LogP contribution in [0, 0.1) is 5.82 Å². The van der Waals surface area contributed by atoms with Crippen molar-refractivity contribution in [3.05, 3.63) is 71.0 Å². The first-order valence-corrected chi connectivity index (χ1v) is 8.85. The number of hydrogen-bond acceptors (Lipinski definition) is 1. The van der Waals surface area contributed by atoms with Gasteiger partial charge in [-0.2, -0.15) is 0 Å². The van der Waals surface area contributed by atoms with Crippen molar-refractivity contribution < 1.29 is 14.1 Å². The van der Waals surface area contributed by atoms with E-state index in [1.165, 1.54) is 23.3 Å². The average molecular weight is 343 g/mol. The predicted molar refractivity (Wildman–Crippen MR) is 99.1 cm³/mol. The van der Waals surface area contributed by atoms with Gasteiger partial charge in [0.05, 0.1) is 7.05 Å². The number of amides is 1.